The quantitative estimate of drug-likeness (QED) is 0.318. The number of carboxylic acid groups (broad SMARTS) is 2. The van der Waals surface area contributed by atoms with Crippen molar-refractivity contribution in [2.24, 2.45) is 0 Å². The van der Waals surface area contributed by atoms with Gasteiger partial charge < -0.3 is 36.4 Å². The summed E-state index contributed by atoms with van der Waals surface area (Å²) in [5.74, 6) is -3.43. The lowest BCUT2D eigenvalue weighted by molar-refractivity contribution is -0.368. The molecular formula is C20H44N2O5. The summed E-state index contributed by atoms with van der Waals surface area (Å²) in [5.41, 5.74) is 7.61. The van der Waals surface area contributed by atoms with Crippen molar-refractivity contribution in [2.75, 3.05) is 13.1 Å². The van der Waals surface area contributed by atoms with E-state index in [-0.39, 0.29) is 0 Å². The Morgan fingerprint density at radius 3 is 1.30 bits per heavy atom. The second-order valence-electron chi connectivity index (χ2n) is 6.65. The molecule has 7 nitrogen and oxygen atoms in total. The standard InChI is InChI=1S/2C8H19N.C4H6O5/c2*1-2-3-4-5-6-7-8-9;5-2(4(8)9)1-3(6)7/h2*2-9H2,1H3;2,5H,1H2,(H,6,7)(H,8,9)/t;;2-/m..0/s1. The minimum atomic E-state index is -1.96. The van der Waals surface area contributed by atoms with Gasteiger partial charge >= 0.3 is 0 Å². The Morgan fingerprint density at radius 1 is 0.741 bits per heavy atom. The monoisotopic (exact) mass is 392 g/mol. The van der Waals surface area contributed by atoms with Crippen molar-refractivity contribution in [2.45, 2.75) is 103 Å². The van der Waals surface area contributed by atoms with E-state index in [0.717, 1.165) is 13.1 Å². The zero-order chi connectivity index (χ0) is 21.3. The lowest BCUT2D eigenvalue weighted by Crippen LogP contribution is -2.50. The first kappa shape index (κ1) is 30.5. The van der Waals surface area contributed by atoms with Crippen LogP contribution in [0.2, 0.25) is 0 Å². The molecule has 0 aromatic rings. The van der Waals surface area contributed by atoms with Gasteiger partial charge in [-0.2, -0.15) is 0 Å². The predicted molar refractivity (Wildman–Crippen MR) is 103 cm³/mol. The van der Waals surface area contributed by atoms with Crippen LogP contribution in [-0.4, -0.2) is 36.2 Å². The van der Waals surface area contributed by atoms with E-state index in [1.165, 1.54) is 77.0 Å². The molecular weight excluding hydrogens is 348 g/mol. The molecule has 0 saturated heterocycles. The molecule has 27 heavy (non-hydrogen) atoms. The summed E-state index contributed by atoms with van der Waals surface area (Å²) in [6.07, 6.45) is 13.8. The van der Waals surface area contributed by atoms with E-state index < -0.39 is 24.5 Å². The number of unbranched alkanes of at least 4 members (excludes halogenated alkanes) is 10. The van der Waals surface area contributed by atoms with Gasteiger partial charge in [-0.05, 0) is 25.7 Å². The van der Waals surface area contributed by atoms with E-state index in [1.54, 1.807) is 0 Å². The highest BCUT2D eigenvalue weighted by Gasteiger charge is 2.03. The smallest absolute Gasteiger partial charge is 0.0985 e. The van der Waals surface area contributed by atoms with Gasteiger partial charge in [-0.1, -0.05) is 65.2 Å². The molecule has 0 saturated carbocycles. The number of rotatable bonds is 15. The molecule has 1 atom stereocenters. The molecule has 0 heterocycles. The van der Waals surface area contributed by atoms with E-state index >= 15 is 0 Å². The Bertz CT molecular complexity index is 289. The van der Waals surface area contributed by atoms with E-state index in [9.17, 15) is 19.8 Å². The third-order valence-electron chi connectivity index (χ3n) is 3.84. The van der Waals surface area contributed by atoms with Crippen molar-refractivity contribution >= 4 is 11.9 Å². The molecule has 0 aliphatic rings. The zero-order valence-electron chi connectivity index (χ0n) is 17.7. The van der Waals surface area contributed by atoms with Crippen molar-refractivity contribution in [1.29, 1.82) is 0 Å². The lowest BCUT2D eigenvalue weighted by Gasteiger charge is -2.10. The van der Waals surface area contributed by atoms with Gasteiger partial charge in [-0.3, -0.25) is 0 Å². The highest BCUT2D eigenvalue weighted by molar-refractivity contribution is 5.76. The summed E-state index contributed by atoms with van der Waals surface area (Å²) in [7, 11) is 0. The molecule has 0 bridgehead atoms. The summed E-state index contributed by atoms with van der Waals surface area (Å²) < 4.78 is 0. The normalized spacial score (nSPS) is 10.9. The summed E-state index contributed by atoms with van der Waals surface area (Å²) in [6.45, 7) is 6.74. The van der Waals surface area contributed by atoms with Gasteiger partial charge in [0.2, 0.25) is 0 Å². The first-order valence-electron chi connectivity index (χ1n) is 10.5. The number of aliphatic hydroxyl groups excluding tert-OH is 1. The van der Waals surface area contributed by atoms with E-state index in [0.29, 0.717) is 0 Å². The predicted octanol–water partition coefficient (Wildman–Crippen LogP) is -0.585. The summed E-state index contributed by atoms with van der Waals surface area (Å²) >= 11 is 0. The number of aliphatic carboxylic acids is 2. The number of hydrogen-bond acceptors (Lipinski definition) is 5. The first-order chi connectivity index (χ1) is 12.9. The molecule has 7 heteroatoms. The van der Waals surface area contributed by atoms with Crippen LogP contribution in [0.5, 0.6) is 0 Å². The Kier molecular flexibility index (Phi) is 30.6. The number of carbonyl (C=O) groups is 2. The van der Waals surface area contributed by atoms with Crippen LogP contribution in [0.3, 0.4) is 0 Å². The molecule has 0 unspecified atom stereocenters. The molecule has 0 aromatic carbocycles. The molecule has 0 aliphatic carbocycles. The number of aliphatic hydroxyl groups is 1. The molecule has 0 radical (unpaired) electrons. The van der Waals surface area contributed by atoms with Gasteiger partial charge in [-0.25, -0.2) is 0 Å². The van der Waals surface area contributed by atoms with Gasteiger partial charge in [0, 0.05) is 12.4 Å². The van der Waals surface area contributed by atoms with Crippen molar-refractivity contribution in [3.8, 4) is 0 Å². The Labute approximate surface area is 165 Å². The summed E-state index contributed by atoms with van der Waals surface area (Å²) in [4.78, 5) is 19.1. The van der Waals surface area contributed by atoms with Crippen LogP contribution in [0.1, 0.15) is 97.3 Å². The van der Waals surface area contributed by atoms with Crippen LogP contribution in [0, 0.1) is 0 Å². The van der Waals surface area contributed by atoms with Crippen molar-refractivity contribution in [3.05, 3.63) is 0 Å². The minimum absolute atomic E-state index is 0.928. The zero-order valence-corrected chi connectivity index (χ0v) is 17.7. The van der Waals surface area contributed by atoms with Crippen molar-refractivity contribution in [3.63, 3.8) is 0 Å². The molecule has 7 N–H and O–H groups in total. The second kappa shape index (κ2) is 27.0. The number of quaternary nitrogens is 2. The number of carbonyl (C=O) groups excluding carboxylic acids is 2. The van der Waals surface area contributed by atoms with Gasteiger partial charge in [-0.15, -0.1) is 0 Å². The van der Waals surface area contributed by atoms with Crippen LogP contribution < -0.4 is 21.7 Å². The highest BCUT2D eigenvalue weighted by atomic mass is 16.4. The molecule has 0 spiro atoms. The maximum absolute atomic E-state index is 9.58. The van der Waals surface area contributed by atoms with E-state index in [2.05, 4.69) is 25.3 Å². The second-order valence-corrected chi connectivity index (χ2v) is 6.65. The van der Waals surface area contributed by atoms with Crippen LogP contribution in [0.25, 0.3) is 0 Å². The van der Waals surface area contributed by atoms with Crippen LogP contribution in [0.4, 0.5) is 0 Å². The lowest BCUT2D eigenvalue weighted by atomic mass is 10.1. The SMILES string of the molecule is CCCCCCCC[NH3+].CCCCCCCC[NH3+].O=C([O-])C[C@H](O)C(=O)[O-]. The van der Waals surface area contributed by atoms with Gasteiger partial charge in [0.1, 0.15) is 0 Å². The third-order valence-corrected chi connectivity index (χ3v) is 3.84. The maximum Gasteiger partial charge on any atom is 0.0985 e. The fourth-order valence-electron chi connectivity index (χ4n) is 2.16. The molecule has 164 valence electrons. The molecule has 0 aliphatic heterocycles. The average molecular weight is 393 g/mol. The Balaban J connectivity index is -0.000000320. The third kappa shape index (κ3) is 36.5. The number of hydrogen-bond donors (Lipinski definition) is 3. The minimum Gasteiger partial charge on any atom is -0.550 e. The molecule has 0 rings (SSSR count). The Hall–Kier alpha value is -1.18. The number of carboxylic acids is 2. The average Bonchev–Trinajstić information content (AvgIpc) is 2.62. The van der Waals surface area contributed by atoms with Crippen molar-refractivity contribution < 1.29 is 36.4 Å². The van der Waals surface area contributed by atoms with Gasteiger partial charge in [0.05, 0.1) is 25.2 Å². The fourth-order valence-corrected chi connectivity index (χ4v) is 2.16. The molecule has 0 aromatic heterocycles. The van der Waals surface area contributed by atoms with Crippen LogP contribution >= 0.6 is 0 Å². The van der Waals surface area contributed by atoms with Crippen molar-refractivity contribution in [1.82, 2.24) is 0 Å². The van der Waals surface area contributed by atoms with Gasteiger partial charge in [0.15, 0.2) is 0 Å². The van der Waals surface area contributed by atoms with Crippen LogP contribution in [-0.2, 0) is 9.59 Å². The molecule has 0 fully saturated rings. The van der Waals surface area contributed by atoms with E-state index in [1.807, 2.05) is 0 Å². The maximum atomic E-state index is 9.58. The molecule has 0 amide bonds. The van der Waals surface area contributed by atoms with Gasteiger partial charge in [0.25, 0.3) is 0 Å². The highest BCUT2D eigenvalue weighted by Crippen LogP contribution is 2.03. The summed E-state index contributed by atoms with van der Waals surface area (Å²) in [5, 5.41) is 27.3. The fraction of sp³-hybridized carbons (Fsp3) is 0.900. The largest absolute Gasteiger partial charge is 0.550 e. The van der Waals surface area contributed by atoms with Crippen LogP contribution in [0.15, 0.2) is 0 Å². The topological polar surface area (TPSA) is 156 Å². The van der Waals surface area contributed by atoms with E-state index in [4.69, 9.17) is 5.11 Å². The summed E-state index contributed by atoms with van der Waals surface area (Å²) in [6, 6.07) is 0. The first-order valence-corrected chi connectivity index (χ1v) is 10.5. The Morgan fingerprint density at radius 2 is 1.07 bits per heavy atom.